The number of aromatic nitrogens is 1. The van der Waals surface area contributed by atoms with Gasteiger partial charge in [0.2, 0.25) is 0 Å². The quantitative estimate of drug-likeness (QED) is 0.537. The molecule has 3 heterocycles. The summed E-state index contributed by atoms with van der Waals surface area (Å²) >= 11 is 1.32. The lowest BCUT2D eigenvalue weighted by molar-refractivity contribution is -0.384. The van der Waals surface area contributed by atoms with Gasteiger partial charge < -0.3 is 9.32 Å². The van der Waals surface area contributed by atoms with Crippen molar-refractivity contribution < 1.29 is 14.1 Å². The van der Waals surface area contributed by atoms with Gasteiger partial charge in [-0.1, -0.05) is 6.07 Å². The number of carbonyl (C=O) groups excluding carboxylic acids is 1. The maximum absolute atomic E-state index is 12.7. The van der Waals surface area contributed by atoms with Crippen molar-refractivity contribution in [3.05, 3.63) is 63.3 Å². The summed E-state index contributed by atoms with van der Waals surface area (Å²) in [5, 5.41) is 13.3. The van der Waals surface area contributed by atoms with Gasteiger partial charge in [0.1, 0.15) is 5.69 Å². The zero-order valence-electron chi connectivity index (χ0n) is 12.3. The number of carbonyl (C=O) groups is 1. The van der Waals surface area contributed by atoms with Crippen LogP contribution in [0.3, 0.4) is 0 Å². The lowest BCUT2D eigenvalue weighted by Crippen LogP contribution is -2.29. The van der Waals surface area contributed by atoms with Gasteiger partial charge in [0.05, 0.1) is 16.9 Å². The standard InChI is InChI=1S/C16H11N3O4S/c20-16(12-9-24-15(17-12)14-2-1-7-23-14)18-6-5-10-3-4-11(19(21)22)8-13(10)18/h1-4,7-9H,5-6H2. The smallest absolute Gasteiger partial charge is 0.277 e. The Morgan fingerprint density at radius 1 is 1.38 bits per heavy atom. The van der Waals surface area contributed by atoms with Crippen LogP contribution in [0.5, 0.6) is 0 Å². The van der Waals surface area contributed by atoms with Crippen LogP contribution in [0.15, 0.2) is 46.4 Å². The Labute approximate surface area is 140 Å². The molecule has 1 aliphatic heterocycles. The molecule has 0 spiro atoms. The Kier molecular flexibility index (Phi) is 3.39. The molecule has 0 saturated carbocycles. The number of fused-ring (bicyclic) bond motifs is 1. The number of anilines is 1. The summed E-state index contributed by atoms with van der Waals surface area (Å²) in [4.78, 5) is 29.1. The van der Waals surface area contributed by atoms with Gasteiger partial charge >= 0.3 is 0 Å². The number of rotatable bonds is 3. The molecule has 1 amide bonds. The minimum atomic E-state index is -0.459. The predicted octanol–water partition coefficient (Wildman–Crippen LogP) is 3.51. The van der Waals surface area contributed by atoms with Gasteiger partial charge in [-0.25, -0.2) is 4.98 Å². The van der Waals surface area contributed by atoms with E-state index in [1.54, 1.807) is 34.7 Å². The molecule has 3 aromatic rings. The largest absolute Gasteiger partial charge is 0.462 e. The van der Waals surface area contributed by atoms with Crippen LogP contribution in [0.4, 0.5) is 11.4 Å². The van der Waals surface area contributed by atoms with Crippen molar-refractivity contribution in [2.24, 2.45) is 0 Å². The van der Waals surface area contributed by atoms with Crippen molar-refractivity contribution in [3.63, 3.8) is 0 Å². The number of hydrogen-bond donors (Lipinski definition) is 0. The van der Waals surface area contributed by atoms with Gasteiger partial charge in [-0.3, -0.25) is 14.9 Å². The van der Waals surface area contributed by atoms with Crippen LogP contribution in [-0.2, 0) is 6.42 Å². The highest BCUT2D eigenvalue weighted by Crippen LogP contribution is 2.33. The third-order valence-electron chi connectivity index (χ3n) is 3.88. The first-order valence-electron chi connectivity index (χ1n) is 7.22. The van der Waals surface area contributed by atoms with Crippen LogP contribution >= 0.6 is 11.3 Å². The monoisotopic (exact) mass is 341 g/mol. The van der Waals surface area contributed by atoms with Gasteiger partial charge in [0.25, 0.3) is 11.6 Å². The number of non-ortho nitro benzene ring substituents is 1. The van der Waals surface area contributed by atoms with Crippen LogP contribution in [-0.4, -0.2) is 22.4 Å². The van der Waals surface area contributed by atoms with E-state index in [1.165, 1.54) is 23.5 Å². The van der Waals surface area contributed by atoms with Crippen molar-refractivity contribution >= 4 is 28.6 Å². The molecule has 4 rings (SSSR count). The van der Waals surface area contributed by atoms with Gasteiger partial charge in [0.15, 0.2) is 10.8 Å². The molecule has 0 saturated heterocycles. The fourth-order valence-corrected chi connectivity index (χ4v) is 3.48. The molecule has 0 fully saturated rings. The number of amides is 1. The Morgan fingerprint density at radius 3 is 3.00 bits per heavy atom. The molecule has 120 valence electrons. The van der Waals surface area contributed by atoms with Crippen LogP contribution < -0.4 is 4.90 Å². The Balaban J connectivity index is 1.65. The summed E-state index contributed by atoms with van der Waals surface area (Å²) in [5.74, 6) is 0.347. The van der Waals surface area contributed by atoms with E-state index in [-0.39, 0.29) is 11.6 Å². The molecule has 0 unspecified atom stereocenters. The molecule has 0 N–H and O–H groups in total. The Hall–Kier alpha value is -3.00. The number of thiazole rings is 1. The highest BCUT2D eigenvalue weighted by Gasteiger charge is 2.29. The second kappa shape index (κ2) is 5.57. The molecule has 7 nitrogen and oxygen atoms in total. The van der Waals surface area contributed by atoms with Crippen LogP contribution in [0.1, 0.15) is 16.1 Å². The molecular weight excluding hydrogens is 330 g/mol. The SMILES string of the molecule is O=C(c1csc(-c2ccco2)n1)N1CCc2ccc([N+](=O)[O-])cc21. The third kappa shape index (κ3) is 2.37. The van der Waals surface area contributed by atoms with E-state index >= 15 is 0 Å². The van der Waals surface area contributed by atoms with E-state index in [4.69, 9.17) is 4.42 Å². The molecule has 1 aliphatic rings. The highest BCUT2D eigenvalue weighted by atomic mass is 32.1. The van der Waals surface area contributed by atoms with E-state index in [9.17, 15) is 14.9 Å². The summed E-state index contributed by atoms with van der Waals surface area (Å²) in [7, 11) is 0. The molecular formula is C16H11N3O4S. The normalized spacial score (nSPS) is 13.1. The fourth-order valence-electron chi connectivity index (χ4n) is 2.72. The van der Waals surface area contributed by atoms with Crippen LogP contribution in [0.2, 0.25) is 0 Å². The molecule has 8 heteroatoms. The summed E-state index contributed by atoms with van der Waals surface area (Å²) < 4.78 is 5.28. The van der Waals surface area contributed by atoms with E-state index in [1.807, 2.05) is 0 Å². The third-order valence-corrected chi connectivity index (χ3v) is 4.73. The zero-order valence-corrected chi connectivity index (χ0v) is 13.2. The van der Waals surface area contributed by atoms with Crippen molar-refractivity contribution in [2.45, 2.75) is 6.42 Å². The van der Waals surface area contributed by atoms with E-state index < -0.39 is 4.92 Å². The van der Waals surface area contributed by atoms with Crippen molar-refractivity contribution in [1.29, 1.82) is 0 Å². The second-order valence-electron chi connectivity index (χ2n) is 5.29. The second-order valence-corrected chi connectivity index (χ2v) is 6.15. The van der Waals surface area contributed by atoms with E-state index in [0.717, 1.165) is 5.56 Å². The summed E-state index contributed by atoms with van der Waals surface area (Å²) in [6.45, 7) is 0.489. The highest BCUT2D eigenvalue weighted by molar-refractivity contribution is 7.13. The molecule has 24 heavy (non-hydrogen) atoms. The number of nitro groups is 1. The van der Waals surface area contributed by atoms with Crippen molar-refractivity contribution in [2.75, 3.05) is 11.4 Å². The first kappa shape index (κ1) is 14.6. The molecule has 1 aromatic carbocycles. The Bertz CT molecular complexity index is 933. The maximum atomic E-state index is 12.7. The topological polar surface area (TPSA) is 89.5 Å². The number of nitrogens with zero attached hydrogens (tertiary/aromatic N) is 3. The van der Waals surface area contributed by atoms with Crippen LogP contribution in [0, 0.1) is 10.1 Å². The van der Waals surface area contributed by atoms with Gasteiger partial charge in [-0.05, 0) is 24.1 Å². The van der Waals surface area contributed by atoms with Gasteiger partial charge in [0, 0.05) is 24.1 Å². The number of benzene rings is 1. The van der Waals surface area contributed by atoms with Crippen LogP contribution in [0.25, 0.3) is 10.8 Å². The minimum absolute atomic E-state index is 0.0250. The molecule has 0 aliphatic carbocycles. The summed E-state index contributed by atoms with van der Waals surface area (Å²) in [5.41, 5.74) is 1.80. The predicted molar refractivity (Wildman–Crippen MR) is 88.3 cm³/mol. The van der Waals surface area contributed by atoms with Gasteiger partial charge in [-0.15, -0.1) is 11.3 Å². The number of furan rings is 1. The van der Waals surface area contributed by atoms with E-state index in [2.05, 4.69) is 4.98 Å². The Morgan fingerprint density at radius 2 is 2.25 bits per heavy atom. The maximum Gasteiger partial charge on any atom is 0.277 e. The van der Waals surface area contributed by atoms with Crippen molar-refractivity contribution in [3.8, 4) is 10.8 Å². The average molecular weight is 341 g/mol. The summed E-state index contributed by atoms with van der Waals surface area (Å²) in [6.07, 6.45) is 2.22. The van der Waals surface area contributed by atoms with Gasteiger partial charge in [-0.2, -0.15) is 0 Å². The summed E-state index contributed by atoms with van der Waals surface area (Å²) in [6, 6.07) is 8.15. The lowest BCUT2D eigenvalue weighted by atomic mass is 10.1. The first-order chi connectivity index (χ1) is 11.6. The van der Waals surface area contributed by atoms with E-state index in [0.29, 0.717) is 35.1 Å². The molecule has 0 bridgehead atoms. The number of nitro benzene ring substituents is 1. The minimum Gasteiger partial charge on any atom is -0.462 e. The fraction of sp³-hybridized carbons (Fsp3) is 0.125. The lowest BCUT2D eigenvalue weighted by Gasteiger charge is -2.15. The molecule has 2 aromatic heterocycles. The first-order valence-corrected chi connectivity index (χ1v) is 8.10. The zero-order chi connectivity index (χ0) is 16.7. The van der Waals surface area contributed by atoms with Crippen molar-refractivity contribution in [1.82, 2.24) is 4.98 Å². The number of hydrogen-bond acceptors (Lipinski definition) is 6. The molecule has 0 atom stereocenters. The molecule has 0 radical (unpaired) electrons. The average Bonchev–Trinajstić information content (AvgIpc) is 3.31.